The molecule has 6 aromatic rings. The van der Waals surface area contributed by atoms with Crippen LogP contribution < -0.4 is 46.1 Å². The molecular formula is C74H92BBrF12N2O14. The Morgan fingerprint density at radius 3 is 1.65 bits per heavy atom. The molecule has 2 atom stereocenters. The number of alkyl halides is 12. The van der Waals surface area contributed by atoms with Gasteiger partial charge in [0.1, 0.15) is 23.8 Å². The van der Waals surface area contributed by atoms with E-state index in [0.29, 0.717) is 71.9 Å². The molecule has 0 fully saturated rings. The van der Waals surface area contributed by atoms with Crippen LogP contribution >= 0.6 is 0 Å². The molecule has 16 nitrogen and oxygen atoms in total. The normalized spacial score (nSPS) is 11.7. The van der Waals surface area contributed by atoms with Crippen LogP contribution in [0.3, 0.4) is 0 Å². The van der Waals surface area contributed by atoms with Gasteiger partial charge in [-0.2, -0.15) is 43.9 Å². The first kappa shape index (κ1) is 97.3. The molecule has 3 N–H and O–H groups in total. The quantitative estimate of drug-likeness (QED) is 0.00523. The van der Waals surface area contributed by atoms with Gasteiger partial charge in [0.05, 0.1) is 36.2 Å². The number of aliphatic carboxylic acids is 1. The van der Waals surface area contributed by atoms with Crippen molar-refractivity contribution in [2.75, 3.05) is 38.8 Å². The van der Waals surface area contributed by atoms with E-state index in [2.05, 4.69) is 57.4 Å². The highest BCUT2D eigenvalue weighted by Gasteiger charge is 2.88. The first-order valence-corrected chi connectivity index (χ1v) is 30.7. The molecule has 0 aliphatic heterocycles. The fraction of sp³-hybridized carbons (Fsp3) is 0.419. The highest BCUT2D eigenvalue weighted by molar-refractivity contribution is 6.58. The number of esters is 4. The van der Waals surface area contributed by atoms with Gasteiger partial charge in [-0.1, -0.05) is 104 Å². The van der Waals surface area contributed by atoms with Gasteiger partial charge < -0.3 is 60.7 Å². The van der Waals surface area contributed by atoms with Crippen LogP contribution in [0.2, 0.25) is 0 Å². The number of ether oxygens (including phenoxy) is 5. The number of halogens is 13. The van der Waals surface area contributed by atoms with Gasteiger partial charge in [-0.05, 0) is 148 Å². The Morgan fingerprint density at radius 1 is 0.644 bits per heavy atom. The number of anilines is 1. The van der Waals surface area contributed by atoms with Gasteiger partial charge in [0, 0.05) is 56.4 Å². The van der Waals surface area contributed by atoms with Crippen molar-refractivity contribution in [3.63, 3.8) is 0 Å². The second kappa shape index (κ2) is 43.5. The minimum absolute atomic E-state index is 0. The predicted octanol–water partition coefficient (Wildman–Crippen LogP) is 12.7. The highest BCUT2D eigenvalue weighted by atomic mass is 79.9. The summed E-state index contributed by atoms with van der Waals surface area (Å²) in [4.78, 5) is 73.4. The third-order valence-electron chi connectivity index (χ3n) is 15.5. The van der Waals surface area contributed by atoms with Crippen molar-refractivity contribution in [3.05, 3.63) is 190 Å². The van der Waals surface area contributed by atoms with Crippen LogP contribution in [0.5, 0.6) is 17.2 Å². The molecule has 1 aromatic heterocycles. The molecule has 576 valence electrons. The molecule has 0 radical (unpaired) electrons. The zero-order valence-electron chi connectivity index (χ0n) is 55.6. The largest absolute Gasteiger partial charge is 1.00 e. The number of aromatic nitrogens is 1. The number of ketones is 1. The van der Waals surface area contributed by atoms with Gasteiger partial charge in [-0.15, -0.1) is 0 Å². The number of rotatable bonds is 32. The maximum atomic E-state index is 13.6. The maximum Gasteiger partial charge on any atom is 0.488 e. The number of carboxylic acid groups (broad SMARTS) is 1. The van der Waals surface area contributed by atoms with Gasteiger partial charge in [0.2, 0.25) is 0 Å². The number of carboxylic acids is 1. The van der Waals surface area contributed by atoms with Crippen LogP contribution in [-0.4, -0.2) is 128 Å². The number of nitrogens with zero attached hydrogens (tertiary/aromatic N) is 2. The fourth-order valence-corrected chi connectivity index (χ4v) is 9.10. The molecule has 6 rings (SSSR count). The Bertz CT molecular complexity index is 3680. The number of benzene rings is 5. The van der Waals surface area contributed by atoms with E-state index >= 15 is 0 Å². The molecule has 0 saturated carbocycles. The van der Waals surface area contributed by atoms with Crippen molar-refractivity contribution in [2.24, 2.45) is 11.8 Å². The molecule has 0 spiro atoms. The fourth-order valence-electron chi connectivity index (χ4n) is 9.10. The molecule has 2 unspecified atom stereocenters. The van der Waals surface area contributed by atoms with Crippen LogP contribution in [0, 0.1) is 39.5 Å². The summed E-state index contributed by atoms with van der Waals surface area (Å²) in [5.41, 5.74) is 9.17. The highest BCUT2D eigenvalue weighted by Crippen LogP contribution is 2.58. The SMILES string of the molecule is C.C.C.C.C=CC(=O)OCCCCOc1ccc(C(=O)Oc2ccc(B(O)O)cc2)cc1.CCC(CC(C)C(=O)O)C(=O)OCC(F)(F)C(F)(F)C(F)(F)C(F)(F)C(F)(F)C(F)F.Cc1ccc(C(=O)Oc2cc(C)c(CC(=O)c3ccc(CCC[n+]4ccc(N(C)C)cc4)cc3)c(C)c2C)cc1.[Br-]. The molecule has 104 heavy (non-hydrogen) atoms. The number of aryl methyl sites for hydroxylation is 4. The minimum atomic E-state index is -7.71. The molecule has 30 heteroatoms. The number of carbonyl (C=O) groups excluding carboxylic acids is 5. The van der Waals surface area contributed by atoms with Gasteiger partial charge in [-0.3, -0.25) is 14.4 Å². The molecule has 0 aliphatic carbocycles. The van der Waals surface area contributed by atoms with Crippen molar-refractivity contribution in [2.45, 2.75) is 159 Å². The van der Waals surface area contributed by atoms with Crippen molar-refractivity contribution >= 4 is 53.9 Å². The van der Waals surface area contributed by atoms with Crippen molar-refractivity contribution < 1.29 is 142 Å². The number of hydrogen-bond acceptors (Lipinski definition) is 14. The standard InChI is InChI=1S/C35H39N2O3.C20H21BO7.C15H16F12O4.4CH4.BrH/c1-24-9-13-30(14-10-24)35(39)40-34-22-25(2)32(26(3)27(34)4)23-33(38)29-15-11-28(12-16-29)8-7-19-37-20-17-31(18-21-37)36(5)6;1-2-19(22)27-14-4-3-13-26-17-9-5-15(6-10-17)20(23)28-18-11-7-16(8-12-18)21(24)25;1-3-7(4-6(2)8(28)29)9(30)31-5-11(18,19)13(22,23)15(26,27)14(24,25)12(20,21)10(16)17;;;;;/h9-18,20-22H,7-8,19,23H2,1-6H3;2,5-12,24-25H,1,3-4,13-14H2;6-7,10H,3-5H2,1-2H3,(H,28,29);4*1H4;1H/q+1;;;;;;;/p-1. The summed E-state index contributed by atoms with van der Waals surface area (Å²) in [5.74, 6) is -42.1. The van der Waals surface area contributed by atoms with Gasteiger partial charge in [0.15, 0.2) is 24.8 Å². The number of carbonyl (C=O) groups is 6. The van der Waals surface area contributed by atoms with Crippen molar-refractivity contribution in [1.29, 1.82) is 0 Å². The minimum Gasteiger partial charge on any atom is -1.00 e. The number of Topliss-reactive ketones (excluding diaryl/α,β-unsaturated/α-hetero) is 1. The van der Waals surface area contributed by atoms with Crippen LogP contribution in [-0.2, 0) is 43.2 Å². The number of pyridine rings is 1. The van der Waals surface area contributed by atoms with E-state index in [1.54, 1.807) is 36.4 Å². The lowest BCUT2D eigenvalue weighted by Crippen LogP contribution is -3.00. The van der Waals surface area contributed by atoms with E-state index in [4.69, 9.17) is 34.1 Å². The average molecular weight is 1550 g/mol. The van der Waals surface area contributed by atoms with Crippen LogP contribution in [0.1, 0.15) is 140 Å². The summed E-state index contributed by atoms with van der Waals surface area (Å²) in [6.07, 6.45) is 2.55. The molecular weight excluding hydrogens is 1460 g/mol. The summed E-state index contributed by atoms with van der Waals surface area (Å²) >= 11 is 0. The lowest BCUT2D eigenvalue weighted by Gasteiger charge is -2.39. The van der Waals surface area contributed by atoms with Gasteiger partial charge >= 0.3 is 73.0 Å². The lowest BCUT2D eigenvalue weighted by molar-refractivity contribution is -0.697. The van der Waals surface area contributed by atoms with E-state index in [9.17, 15) is 81.5 Å². The predicted molar refractivity (Wildman–Crippen MR) is 368 cm³/mol. The Hall–Kier alpha value is -8.77. The molecule has 0 saturated heterocycles. The summed E-state index contributed by atoms with van der Waals surface area (Å²) in [6, 6.07) is 33.8. The second-order valence-corrected chi connectivity index (χ2v) is 23.1. The molecule has 0 aliphatic rings. The van der Waals surface area contributed by atoms with Crippen LogP contribution in [0.25, 0.3) is 0 Å². The Kier molecular flexibility index (Phi) is 40.7. The number of hydrogen-bond donors (Lipinski definition) is 3. The van der Waals surface area contributed by atoms with E-state index in [1.807, 2.05) is 72.1 Å². The van der Waals surface area contributed by atoms with Gasteiger partial charge in [-0.25, -0.2) is 27.7 Å². The zero-order chi connectivity index (χ0) is 74.4. The third-order valence-corrected chi connectivity index (χ3v) is 15.5. The van der Waals surface area contributed by atoms with Gasteiger partial charge in [0.25, 0.3) is 0 Å². The Labute approximate surface area is 610 Å². The Morgan fingerprint density at radius 2 is 1.15 bits per heavy atom. The maximum absolute atomic E-state index is 13.6. The summed E-state index contributed by atoms with van der Waals surface area (Å²) in [5, 5.41) is 26.8. The Balaban J connectivity index is 0. The van der Waals surface area contributed by atoms with Crippen molar-refractivity contribution in [3.8, 4) is 17.2 Å². The van der Waals surface area contributed by atoms with Crippen molar-refractivity contribution in [1.82, 2.24) is 0 Å². The molecule has 0 bridgehead atoms. The summed E-state index contributed by atoms with van der Waals surface area (Å²) in [7, 11) is 2.51. The molecule has 5 aromatic carbocycles. The smallest absolute Gasteiger partial charge is 0.488 e. The van der Waals surface area contributed by atoms with E-state index in [0.717, 1.165) is 60.2 Å². The molecule has 1 heterocycles. The summed E-state index contributed by atoms with van der Waals surface area (Å²) < 4.78 is 184. The van der Waals surface area contributed by atoms with E-state index in [-0.39, 0.29) is 64.9 Å². The summed E-state index contributed by atoms with van der Waals surface area (Å²) in [6.45, 7) is 12.2. The zero-order valence-corrected chi connectivity index (χ0v) is 57.2. The first-order chi connectivity index (χ1) is 46.2. The van der Waals surface area contributed by atoms with Crippen LogP contribution in [0.15, 0.2) is 140 Å². The second-order valence-electron chi connectivity index (χ2n) is 23.1. The van der Waals surface area contributed by atoms with E-state index < -0.39 is 91.9 Å². The first-order valence-electron chi connectivity index (χ1n) is 30.7. The van der Waals surface area contributed by atoms with E-state index in [1.165, 1.54) is 42.4 Å². The topological polar surface area (TPSA) is 216 Å². The average Bonchev–Trinajstić information content (AvgIpc) is 0.720. The van der Waals surface area contributed by atoms with Crippen LogP contribution in [0.4, 0.5) is 58.4 Å². The lowest BCUT2D eigenvalue weighted by atomic mass is 9.80. The monoisotopic (exact) mass is 1550 g/mol. The third kappa shape index (κ3) is 26.7. The number of unbranched alkanes of at least 4 members (excludes halogenated alkanes) is 1. The molecule has 0 amide bonds.